The number of fused-ring (bicyclic) bond motifs is 1. The van der Waals surface area contributed by atoms with E-state index in [4.69, 9.17) is 14.2 Å². The van der Waals surface area contributed by atoms with E-state index in [9.17, 15) is 4.79 Å². The van der Waals surface area contributed by atoms with Crippen LogP contribution in [0.5, 0.6) is 17.2 Å². The van der Waals surface area contributed by atoms with Crippen molar-refractivity contribution in [1.82, 2.24) is 9.88 Å². The van der Waals surface area contributed by atoms with Gasteiger partial charge in [-0.25, -0.2) is 4.98 Å². The molecule has 1 amide bonds. The molecule has 0 spiro atoms. The van der Waals surface area contributed by atoms with Crippen molar-refractivity contribution in [3.05, 3.63) is 64.7 Å². The number of ether oxygens (including phenoxy) is 3. The lowest BCUT2D eigenvalue weighted by atomic mass is 9.94. The van der Waals surface area contributed by atoms with Crippen LogP contribution in [-0.4, -0.2) is 42.8 Å². The topological polar surface area (TPSA) is 72.9 Å². The first-order chi connectivity index (χ1) is 17.2. The highest BCUT2D eigenvalue weighted by Gasteiger charge is 2.52. The van der Waals surface area contributed by atoms with Crippen LogP contribution in [0.4, 0.5) is 5.13 Å². The molecule has 35 heavy (non-hydrogen) atoms. The first-order valence-electron chi connectivity index (χ1n) is 12.2. The second-order valence-electron chi connectivity index (χ2n) is 9.45. The number of hydrogen-bond donors (Lipinski definition) is 1. The van der Waals surface area contributed by atoms with E-state index < -0.39 is 5.41 Å². The number of aromatic nitrogens is 1. The molecule has 2 fully saturated rings. The van der Waals surface area contributed by atoms with Crippen molar-refractivity contribution >= 4 is 22.4 Å². The van der Waals surface area contributed by atoms with E-state index in [0.717, 1.165) is 47.9 Å². The summed E-state index contributed by atoms with van der Waals surface area (Å²) in [6.45, 7) is 2.33. The molecule has 3 aliphatic rings. The van der Waals surface area contributed by atoms with E-state index in [0.29, 0.717) is 10.9 Å². The van der Waals surface area contributed by atoms with Crippen LogP contribution < -0.4 is 19.5 Å². The van der Waals surface area contributed by atoms with Crippen LogP contribution in [0.15, 0.2) is 48.7 Å². The summed E-state index contributed by atoms with van der Waals surface area (Å²) in [5, 5.41) is 3.76. The average molecular weight is 492 g/mol. The summed E-state index contributed by atoms with van der Waals surface area (Å²) in [7, 11) is 1.70. The fourth-order valence-corrected chi connectivity index (χ4v) is 6.17. The maximum atomic E-state index is 13.4. The van der Waals surface area contributed by atoms with Gasteiger partial charge in [0.1, 0.15) is 5.75 Å². The summed E-state index contributed by atoms with van der Waals surface area (Å²) >= 11 is 1.56. The predicted octanol–water partition coefficient (Wildman–Crippen LogP) is 5.13. The Balaban J connectivity index is 1.24. The van der Waals surface area contributed by atoms with Gasteiger partial charge in [0.05, 0.1) is 18.6 Å². The molecule has 1 saturated carbocycles. The highest BCUT2D eigenvalue weighted by Crippen LogP contribution is 2.51. The number of benzene rings is 2. The van der Waals surface area contributed by atoms with Gasteiger partial charge in [0, 0.05) is 11.1 Å². The van der Waals surface area contributed by atoms with Gasteiger partial charge < -0.3 is 19.5 Å². The Labute approximate surface area is 209 Å². The quantitative estimate of drug-likeness (QED) is 0.494. The smallest absolute Gasteiger partial charge is 0.236 e. The maximum Gasteiger partial charge on any atom is 0.236 e. The zero-order chi connectivity index (χ0) is 23.8. The third-order valence-corrected chi connectivity index (χ3v) is 8.25. The molecule has 3 heterocycles. The number of nitrogens with zero attached hydrogens (tertiary/aromatic N) is 2. The maximum absolute atomic E-state index is 13.4. The Morgan fingerprint density at radius 2 is 1.94 bits per heavy atom. The molecule has 0 radical (unpaired) electrons. The highest BCUT2D eigenvalue weighted by atomic mass is 32.1. The molecule has 2 aromatic carbocycles. The van der Waals surface area contributed by atoms with Gasteiger partial charge >= 0.3 is 0 Å². The van der Waals surface area contributed by atoms with Crippen LogP contribution in [0.3, 0.4) is 0 Å². The first kappa shape index (κ1) is 22.4. The lowest BCUT2D eigenvalue weighted by molar-refractivity contribution is -0.118. The normalized spacial score (nSPS) is 19.2. The Hall–Kier alpha value is -3.10. The Morgan fingerprint density at radius 3 is 2.74 bits per heavy atom. The number of thiazole rings is 1. The molecule has 1 aliphatic carbocycles. The van der Waals surface area contributed by atoms with Gasteiger partial charge in [0.15, 0.2) is 16.6 Å². The molecule has 6 rings (SSSR count). The fourth-order valence-electron chi connectivity index (χ4n) is 5.20. The fraction of sp³-hybridized carbons (Fsp3) is 0.407. The van der Waals surface area contributed by atoms with Gasteiger partial charge in [-0.3, -0.25) is 9.69 Å². The van der Waals surface area contributed by atoms with Crippen molar-refractivity contribution in [2.45, 2.75) is 43.6 Å². The van der Waals surface area contributed by atoms with Gasteiger partial charge in [0.25, 0.3) is 0 Å². The Morgan fingerprint density at radius 1 is 1.11 bits per heavy atom. The van der Waals surface area contributed by atoms with Crippen molar-refractivity contribution in [2.75, 3.05) is 32.3 Å². The number of hydrogen-bond acceptors (Lipinski definition) is 7. The first-order valence-corrected chi connectivity index (χ1v) is 13.0. The van der Waals surface area contributed by atoms with E-state index in [1.165, 1.54) is 24.8 Å². The van der Waals surface area contributed by atoms with Crippen molar-refractivity contribution in [3.63, 3.8) is 0 Å². The van der Waals surface area contributed by atoms with Crippen molar-refractivity contribution in [3.8, 4) is 17.2 Å². The Bertz CT molecular complexity index is 1230. The van der Waals surface area contributed by atoms with Crippen LogP contribution in [0, 0.1) is 0 Å². The number of amides is 1. The summed E-state index contributed by atoms with van der Waals surface area (Å²) < 4.78 is 16.4. The van der Waals surface area contributed by atoms with Crippen molar-refractivity contribution < 1.29 is 19.0 Å². The second kappa shape index (κ2) is 9.17. The summed E-state index contributed by atoms with van der Waals surface area (Å²) in [5.41, 5.74) is 1.64. The minimum atomic E-state index is -0.522. The van der Waals surface area contributed by atoms with E-state index in [-0.39, 0.29) is 18.7 Å². The molecule has 1 aromatic heterocycles. The SMILES string of the molecule is COc1cccc(C(c2cnc(NC(=O)C3(c4ccc5c(c4)OCO5)CC3)s2)N2CCCCC2)c1. The van der Waals surface area contributed by atoms with Crippen molar-refractivity contribution in [1.29, 1.82) is 0 Å². The third-order valence-electron chi connectivity index (χ3n) is 7.29. The molecule has 1 unspecified atom stereocenters. The molecule has 182 valence electrons. The number of rotatable bonds is 7. The highest BCUT2D eigenvalue weighted by molar-refractivity contribution is 7.15. The van der Waals surface area contributed by atoms with Crippen molar-refractivity contribution in [2.24, 2.45) is 0 Å². The molecule has 3 aromatic rings. The van der Waals surface area contributed by atoms with Crippen LogP contribution in [0.25, 0.3) is 0 Å². The molecular formula is C27H29N3O4S. The number of piperidine rings is 1. The molecule has 1 saturated heterocycles. The van der Waals surface area contributed by atoms with Crippen LogP contribution >= 0.6 is 11.3 Å². The average Bonchev–Trinajstić information content (AvgIpc) is 3.37. The molecule has 2 aliphatic heterocycles. The standard InChI is InChI=1S/C27H29N3O4S/c1-32-20-7-5-6-18(14-20)24(30-12-3-2-4-13-30)23-16-28-26(35-23)29-25(31)27(10-11-27)19-8-9-21-22(15-19)34-17-33-21/h5-9,14-16,24H,2-4,10-13,17H2,1H3,(H,28,29,31). The molecular weight excluding hydrogens is 462 g/mol. The molecule has 1 atom stereocenters. The van der Waals surface area contributed by atoms with E-state index in [1.54, 1.807) is 18.4 Å². The molecule has 7 nitrogen and oxygen atoms in total. The van der Waals surface area contributed by atoms with E-state index in [2.05, 4.69) is 27.3 Å². The number of carbonyl (C=O) groups is 1. The van der Waals surface area contributed by atoms with Crippen LogP contribution in [0.2, 0.25) is 0 Å². The molecule has 8 heteroatoms. The number of carbonyl (C=O) groups excluding carboxylic acids is 1. The number of nitrogens with one attached hydrogen (secondary N) is 1. The Kier molecular flexibility index (Phi) is 5.86. The van der Waals surface area contributed by atoms with E-state index >= 15 is 0 Å². The van der Waals surface area contributed by atoms with Crippen LogP contribution in [0.1, 0.15) is 54.1 Å². The van der Waals surface area contributed by atoms with Gasteiger partial charge in [-0.2, -0.15) is 0 Å². The predicted molar refractivity (Wildman–Crippen MR) is 134 cm³/mol. The molecule has 1 N–H and O–H groups in total. The second-order valence-corrected chi connectivity index (χ2v) is 10.5. The number of methoxy groups -OCH3 is 1. The minimum absolute atomic E-state index is 0.00633. The third kappa shape index (κ3) is 4.25. The van der Waals surface area contributed by atoms with Gasteiger partial charge in [0.2, 0.25) is 12.7 Å². The van der Waals surface area contributed by atoms with Gasteiger partial charge in [-0.1, -0.05) is 36.0 Å². The summed E-state index contributed by atoms with van der Waals surface area (Å²) in [4.78, 5) is 21.7. The van der Waals surface area contributed by atoms with Crippen LogP contribution in [-0.2, 0) is 10.2 Å². The summed E-state index contributed by atoms with van der Waals surface area (Å²) in [6.07, 6.45) is 7.21. The zero-order valence-corrected chi connectivity index (χ0v) is 20.6. The number of anilines is 1. The lowest BCUT2D eigenvalue weighted by Crippen LogP contribution is -2.34. The summed E-state index contributed by atoms with van der Waals surface area (Å²) in [6, 6.07) is 14.2. The minimum Gasteiger partial charge on any atom is -0.497 e. The zero-order valence-electron chi connectivity index (χ0n) is 19.8. The van der Waals surface area contributed by atoms with Gasteiger partial charge in [-0.15, -0.1) is 0 Å². The summed E-state index contributed by atoms with van der Waals surface area (Å²) in [5.74, 6) is 2.28. The molecule has 0 bridgehead atoms. The van der Waals surface area contributed by atoms with E-state index in [1.807, 2.05) is 36.5 Å². The van der Waals surface area contributed by atoms with Gasteiger partial charge in [-0.05, 0) is 74.2 Å². The largest absolute Gasteiger partial charge is 0.497 e. The monoisotopic (exact) mass is 491 g/mol. The number of likely N-dealkylation sites (tertiary alicyclic amines) is 1. The lowest BCUT2D eigenvalue weighted by Gasteiger charge is -2.34.